The van der Waals surface area contributed by atoms with E-state index in [0.29, 0.717) is 28.5 Å². The van der Waals surface area contributed by atoms with E-state index in [2.05, 4.69) is 10.3 Å². The first-order valence-corrected chi connectivity index (χ1v) is 6.97. The molecular formula is C13H15F3N2OS. The van der Waals surface area contributed by atoms with E-state index in [1.807, 2.05) is 19.9 Å². The maximum absolute atomic E-state index is 12.6. The Kier molecular flexibility index (Phi) is 4.19. The van der Waals surface area contributed by atoms with Crippen molar-refractivity contribution in [3.63, 3.8) is 0 Å². The Hall–Kier alpha value is -1.34. The summed E-state index contributed by atoms with van der Waals surface area (Å²) in [7, 11) is 0. The van der Waals surface area contributed by atoms with Crippen molar-refractivity contribution in [1.29, 1.82) is 0 Å². The molecule has 0 fully saturated rings. The summed E-state index contributed by atoms with van der Waals surface area (Å²) in [4.78, 5) is 4.01. The SMILES string of the molecule is CCNC(c1cnc(C(F)(F)F)s1)c1cc(C)oc1C. The molecule has 2 aromatic heterocycles. The minimum atomic E-state index is -4.40. The largest absolute Gasteiger partial charge is 0.466 e. The Morgan fingerprint density at radius 1 is 1.40 bits per heavy atom. The van der Waals surface area contributed by atoms with Crippen molar-refractivity contribution in [1.82, 2.24) is 10.3 Å². The third kappa shape index (κ3) is 3.04. The molecule has 0 spiro atoms. The van der Waals surface area contributed by atoms with Crippen molar-refractivity contribution >= 4 is 11.3 Å². The van der Waals surface area contributed by atoms with Gasteiger partial charge in [0.15, 0.2) is 5.01 Å². The highest BCUT2D eigenvalue weighted by molar-refractivity contribution is 7.11. The molecule has 0 amide bonds. The van der Waals surface area contributed by atoms with Crippen LogP contribution in [0.4, 0.5) is 13.2 Å². The molecule has 0 aliphatic rings. The van der Waals surface area contributed by atoms with Crippen molar-refractivity contribution in [3.05, 3.63) is 39.2 Å². The van der Waals surface area contributed by atoms with Crippen molar-refractivity contribution in [2.24, 2.45) is 0 Å². The fraction of sp³-hybridized carbons (Fsp3) is 0.462. The number of nitrogens with zero attached hydrogens (tertiary/aromatic N) is 1. The van der Waals surface area contributed by atoms with Gasteiger partial charge in [0.25, 0.3) is 0 Å². The predicted molar refractivity (Wildman–Crippen MR) is 70.8 cm³/mol. The van der Waals surface area contributed by atoms with Gasteiger partial charge in [0.2, 0.25) is 0 Å². The second-order valence-electron chi connectivity index (χ2n) is 4.42. The number of hydrogen-bond donors (Lipinski definition) is 1. The first-order chi connectivity index (χ1) is 9.32. The normalized spacial score (nSPS) is 13.7. The van der Waals surface area contributed by atoms with E-state index in [-0.39, 0.29) is 6.04 Å². The lowest BCUT2D eigenvalue weighted by Gasteiger charge is -2.15. The average Bonchev–Trinajstić information content (AvgIpc) is 2.92. The average molecular weight is 304 g/mol. The molecule has 1 N–H and O–H groups in total. The first kappa shape index (κ1) is 15.1. The third-order valence-corrected chi connectivity index (χ3v) is 3.96. The Labute approximate surface area is 118 Å². The Balaban J connectivity index is 2.39. The van der Waals surface area contributed by atoms with Crippen molar-refractivity contribution in [3.8, 4) is 0 Å². The summed E-state index contributed by atoms with van der Waals surface area (Å²) in [6, 6.07) is 1.52. The summed E-state index contributed by atoms with van der Waals surface area (Å²) in [5, 5.41) is 2.35. The molecule has 2 heterocycles. The number of nitrogens with one attached hydrogen (secondary N) is 1. The van der Waals surface area contributed by atoms with E-state index in [0.717, 1.165) is 11.3 Å². The van der Waals surface area contributed by atoms with E-state index in [9.17, 15) is 13.2 Å². The maximum atomic E-state index is 12.6. The maximum Gasteiger partial charge on any atom is 0.443 e. The minimum absolute atomic E-state index is 0.328. The van der Waals surface area contributed by atoms with Gasteiger partial charge >= 0.3 is 6.18 Å². The van der Waals surface area contributed by atoms with Gasteiger partial charge in [-0.1, -0.05) is 6.92 Å². The van der Waals surface area contributed by atoms with Gasteiger partial charge in [-0.15, -0.1) is 11.3 Å². The monoisotopic (exact) mass is 304 g/mol. The lowest BCUT2D eigenvalue weighted by Crippen LogP contribution is -2.21. The Morgan fingerprint density at radius 2 is 2.10 bits per heavy atom. The first-order valence-electron chi connectivity index (χ1n) is 6.16. The lowest BCUT2D eigenvalue weighted by atomic mass is 10.1. The van der Waals surface area contributed by atoms with Crippen LogP contribution in [0.5, 0.6) is 0 Å². The van der Waals surface area contributed by atoms with Crippen LogP contribution in [0.3, 0.4) is 0 Å². The zero-order valence-electron chi connectivity index (χ0n) is 11.3. The van der Waals surface area contributed by atoms with Gasteiger partial charge in [0.1, 0.15) is 11.5 Å². The summed E-state index contributed by atoms with van der Waals surface area (Å²) < 4.78 is 43.4. The molecule has 0 aliphatic heterocycles. The number of alkyl halides is 3. The van der Waals surface area contributed by atoms with E-state index >= 15 is 0 Å². The van der Waals surface area contributed by atoms with Gasteiger partial charge in [-0.05, 0) is 26.5 Å². The predicted octanol–water partition coefficient (Wildman–Crippen LogP) is 4.07. The van der Waals surface area contributed by atoms with Gasteiger partial charge in [0.05, 0.1) is 6.04 Å². The molecule has 0 aliphatic carbocycles. The highest BCUT2D eigenvalue weighted by Gasteiger charge is 2.35. The molecule has 2 aromatic rings. The Bertz CT molecular complexity index is 589. The van der Waals surface area contributed by atoms with Crippen LogP contribution in [-0.4, -0.2) is 11.5 Å². The van der Waals surface area contributed by atoms with Gasteiger partial charge in [-0.25, -0.2) is 4.98 Å². The topological polar surface area (TPSA) is 38.1 Å². The number of hydrogen-bond acceptors (Lipinski definition) is 4. The number of aromatic nitrogens is 1. The van der Waals surface area contributed by atoms with Crippen LogP contribution in [0.15, 0.2) is 16.7 Å². The molecule has 3 nitrogen and oxygen atoms in total. The Morgan fingerprint density at radius 3 is 2.55 bits per heavy atom. The zero-order valence-corrected chi connectivity index (χ0v) is 12.2. The number of rotatable bonds is 4. The van der Waals surface area contributed by atoms with Gasteiger partial charge in [-0.2, -0.15) is 13.2 Å². The highest BCUT2D eigenvalue weighted by atomic mass is 32.1. The van der Waals surface area contributed by atoms with E-state index in [1.54, 1.807) is 6.92 Å². The lowest BCUT2D eigenvalue weighted by molar-refractivity contribution is -0.137. The molecule has 0 saturated heterocycles. The smallest absolute Gasteiger partial charge is 0.443 e. The minimum Gasteiger partial charge on any atom is -0.466 e. The van der Waals surface area contributed by atoms with Crippen LogP contribution < -0.4 is 5.32 Å². The number of thiazole rings is 1. The van der Waals surface area contributed by atoms with Crippen molar-refractivity contribution in [2.45, 2.75) is 33.0 Å². The van der Waals surface area contributed by atoms with Crippen LogP contribution in [0.1, 0.15) is 39.9 Å². The molecule has 7 heteroatoms. The molecule has 0 bridgehead atoms. The van der Waals surface area contributed by atoms with Crippen LogP contribution in [0, 0.1) is 13.8 Å². The van der Waals surface area contributed by atoms with Crippen LogP contribution in [0.25, 0.3) is 0 Å². The summed E-state index contributed by atoms with van der Waals surface area (Å²) in [6.07, 6.45) is -3.12. The molecule has 1 atom stereocenters. The summed E-state index contributed by atoms with van der Waals surface area (Å²) >= 11 is 0.660. The highest BCUT2D eigenvalue weighted by Crippen LogP contribution is 2.37. The molecule has 20 heavy (non-hydrogen) atoms. The van der Waals surface area contributed by atoms with Crippen LogP contribution in [-0.2, 0) is 6.18 Å². The fourth-order valence-corrected chi connectivity index (χ4v) is 2.93. The van der Waals surface area contributed by atoms with E-state index in [4.69, 9.17) is 4.42 Å². The molecule has 0 saturated carbocycles. The number of halogens is 3. The molecule has 2 rings (SSSR count). The standard InChI is InChI=1S/C13H15F3N2OS/c1-4-17-11(9-5-7(2)19-8(9)3)10-6-18-12(20-10)13(14,15)16/h5-6,11,17H,4H2,1-3H3. The van der Waals surface area contributed by atoms with E-state index < -0.39 is 11.2 Å². The summed E-state index contributed by atoms with van der Waals surface area (Å²) in [6.45, 7) is 6.15. The molecule has 0 aromatic carbocycles. The zero-order chi connectivity index (χ0) is 14.9. The molecule has 1 unspecified atom stereocenters. The fourth-order valence-electron chi connectivity index (χ4n) is 2.06. The second kappa shape index (κ2) is 5.57. The van der Waals surface area contributed by atoms with Crippen molar-refractivity contribution < 1.29 is 17.6 Å². The third-order valence-electron chi connectivity index (χ3n) is 2.85. The number of aryl methyl sites for hydroxylation is 2. The second-order valence-corrected chi connectivity index (χ2v) is 5.49. The summed E-state index contributed by atoms with van der Waals surface area (Å²) in [5.74, 6) is 1.44. The van der Waals surface area contributed by atoms with Gasteiger partial charge in [0, 0.05) is 16.6 Å². The van der Waals surface area contributed by atoms with Gasteiger partial charge in [-0.3, -0.25) is 0 Å². The number of furan rings is 1. The van der Waals surface area contributed by atoms with Crippen LogP contribution >= 0.6 is 11.3 Å². The quantitative estimate of drug-likeness (QED) is 0.925. The molecule has 0 radical (unpaired) electrons. The van der Waals surface area contributed by atoms with E-state index in [1.165, 1.54) is 6.20 Å². The summed E-state index contributed by atoms with van der Waals surface area (Å²) in [5.41, 5.74) is 0.849. The van der Waals surface area contributed by atoms with Crippen molar-refractivity contribution in [2.75, 3.05) is 6.54 Å². The molecular weight excluding hydrogens is 289 g/mol. The van der Waals surface area contributed by atoms with Crippen LogP contribution in [0.2, 0.25) is 0 Å². The molecule has 110 valence electrons. The van der Waals surface area contributed by atoms with Gasteiger partial charge < -0.3 is 9.73 Å².